The van der Waals surface area contributed by atoms with Gasteiger partial charge >= 0.3 is 0 Å². The van der Waals surface area contributed by atoms with Crippen LogP contribution in [0.1, 0.15) is 66.7 Å². The van der Waals surface area contributed by atoms with Crippen molar-refractivity contribution in [3.8, 4) is 0 Å². The normalized spacial score (nSPS) is 40.4. The van der Waals surface area contributed by atoms with Crippen LogP contribution < -0.4 is 0 Å². The van der Waals surface area contributed by atoms with Crippen LogP contribution in [0.25, 0.3) is 0 Å². The topological polar surface area (TPSA) is 32.7 Å². The lowest BCUT2D eigenvalue weighted by molar-refractivity contribution is -0.121. The number of likely N-dealkylation sites (N-methyl/N-ethyl adjacent to an activating group) is 1. The van der Waals surface area contributed by atoms with Gasteiger partial charge in [0.05, 0.1) is 17.3 Å². The first kappa shape index (κ1) is 17.2. The molecule has 0 bridgehead atoms. The Labute approximate surface area is 131 Å². The van der Waals surface area contributed by atoms with Crippen LogP contribution in [0.3, 0.4) is 0 Å². The quantitative estimate of drug-likeness (QED) is 0.866. The van der Waals surface area contributed by atoms with Crippen molar-refractivity contribution in [3.63, 3.8) is 0 Å². The van der Waals surface area contributed by atoms with E-state index >= 15 is 0 Å². The van der Waals surface area contributed by atoms with E-state index in [1.807, 2.05) is 0 Å². The SMILES string of the molecule is CC1CCCC(C(O)C2CC(C)(C)OC2(C)C)(N(C)C)C1. The second-order valence-electron chi connectivity index (χ2n) is 8.92. The number of nitrogens with zero attached hydrogens (tertiary/aromatic N) is 1. The first-order valence-electron chi connectivity index (χ1n) is 8.56. The smallest absolute Gasteiger partial charge is 0.0780 e. The highest BCUT2D eigenvalue weighted by atomic mass is 16.5. The lowest BCUT2D eigenvalue weighted by atomic mass is 9.66. The molecular formula is C18H35NO2. The van der Waals surface area contributed by atoms with Crippen molar-refractivity contribution < 1.29 is 9.84 Å². The van der Waals surface area contributed by atoms with Crippen molar-refractivity contribution in [1.29, 1.82) is 0 Å². The molecule has 2 aliphatic rings. The van der Waals surface area contributed by atoms with E-state index in [9.17, 15) is 5.11 Å². The number of aliphatic hydroxyl groups is 1. The third kappa shape index (κ3) is 3.16. The lowest BCUT2D eigenvalue weighted by Gasteiger charge is -2.51. The van der Waals surface area contributed by atoms with Gasteiger partial charge in [-0.15, -0.1) is 0 Å². The van der Waals surface area contributed by atoms with Crippen LogP contribution in [-0.4, -0.2) is 46.9 Å². The van der Waals surface area contributed by atoms with Gasteiger partial charge in [-0.2, -0.15) is 0 Å². The molecule has 4 unspecified atom stereocenters. The van der Waals surface area contributed by atoms with Crippen molar-refractivity contribution in [2.45, 2.75) is 89.6 Å². The fraction of sp³-hybridized carbons (Fsp3) is 1.00. The van der Waals surface area contributed by atoms with E-state index in [4.69, 9.17) is 4.74 Å². The molecule has 3 nitrogen and oxygen atoms in total. The molecule has 0 radical (unpaired) electrons. The summed E-state index contributed by atoms with van der Waals surface area (Å²) in [6, 6.07) is 0. The summed E-state index contributed by atoms with van der Waals surface area (Å²) < 4.78 is 6.23. The highest BCUT2D eigenvalue weighted by Gasteiger charge is 2.55. The molecule has 1 saturated heterocycles. The minimum atomic E-state index is -0.327. The molecule has 0 aromatic rings. The summed E-state index contributed by atoms with van der Waals surface area (Å²) in [5.74, 6) is 0.884. The van der Waals surface area contributed by atoms with Crippen LogP contribution in [0.4, 0.5) is 0 Å². The van der Waals surface area contributed by atoms with Crippen LogP contribution in [-0.2, 0) is 4.74 Å². The average molecular weight is 297 g/mol. The second kappa shape index (κ2) is 5.50. The molecule has 0 aromatic carbocycles. The number of hydrogen-bond acceptors (Lipinski definition) is 3. The summed E-state index contributed by atoms with van der Waals surface area (Å²) >= 11 is 0. The lowest BCUT2D eigenvalue weighted by Crippen LogP contribution is -2.60. The van der Waals surface area contributed by atoms with Crippen molar-refractivity contribution in [3.05, 3.63) is 0 Å². The van der Waals surface area contributed by atoms with E-state index < -0.39 is 0 Å². The van der Waals surface area contributed by atoms with Gasteiger partial charge in [0.15, 0.2) is 0 Å². The molecule has 0 spiro atoms. The van der Waals surface area contributed by atoms with Gasteiger partial charge in [0, 0.05) is 11.5 Å². The second-order valence-corrected chi connectivity index (χ2v) is 8.92. The van der Waals surface area contributed by atoms with Crippen molar-refractivity contribution in [2.75, 3.05) is 14.1 Å². The summed E-state index contributed by atoms with van der Waals surface area (Å²) in [6.07, 6.45) is 5.30. The maximum absolute atomic E-state index is 11.4. The van der Waals surface area contributed by atoms with E-state index in [1.165, 1.54) is 12.8 Å². The van der Waals surface area contributed by atoms with Gasteiger partial charge in [-0.25, -0.2) is 0 Å². The zero-order chi connectivity index (χ0) is 16.1. The van der Waals surface area contributed by atoms with Gasteiger partial charge in [-0.05, 0) is 67.0 Å². The summed E-state index contributed by atoms with van der Waals surface area (Å²) in [5, 5.41) is 11.4. The van der Waals surface area contributed by atoms with E-state index in [1.54, 1.807) is 0 Å². The molecule has 2 fully saturated rings. The summed E-state index contributed by atoms with van der Waals surface area (Å²) in [5.41, 5.74) is -0.487. The van der Waals surface area contributed by atoms with Gasteiger partial charge in [0.1, 0.15) is 0 Å². The minimum Gasteiger partial charge on any atom is -0.391 e. The zero-order valence-corrected chi connectivity index (χ0v) is 15.1. The molecule has 2 rings (SSSR count). The molecule has 0 aromatic heterocycles. The molecule has 1 aliphatic carbocycles. The number of hydrogen-bond donors (Lipinski definition) is 1. The predicted octanol–water partition coefficient (Wildman–Crippen LogP) is 3.45. The summed E-state index contributed by atoms with van der Waals surface area (Å²) in [4.78, 5) is 2.29. The Hall–Kier alpha value is -0.120. The highest BCUT2D eigenvalue weighted by molar-refractivity contribution is 5.07. The van der Waals surface area contributed by atoms with Crippen molar-refractivity contribution in [2.24, 2.45) is 11.8 Å². The monoisotopic (exact) mass is 297 g/mol. The maximum Gasteiger partial charge on any atom is 0.0780 e. The van der Waals surface area contributed by atoms with Crippen LogP contribution in [0, 0.1) is 11.8 Å². The zero-order valence-electron chi connectivity index (χ0n) is 15.1. The molecule has 21 heavy (non-hydrogen) atoms. The van der Waals surface area contributed by atoms with Crippen molar-refractivity contribution >= 4 is 0 Å². The Balaban J connectivity index is 2.29. The first-order chi connectivity index (χ1) is 9.50. The van der Waals surface area contributed by atoms with Crippen LogP contribution >= 0.6 is 0 Å². The maximum atomic E-state index is 11.4. The Morgan fingerprint density at radius 1 is 1.14 bits per heavy atom. The van der Waals surface area contributed by atoms with Crippen molar-refractivity contribution in [1.82, 2.24) is 4.90 Å². The van der Waals surface area contributed by atoms with Crippen LogP contribution in [0.5, 0.6) is 0 Å². The molecular weight excluding hydrogens is 262 g/mol. The molecule has 1 heterocycles. The van der Waals surface area contributed by atoms with E-state index in [-0.39, 0.29) is 28.8 Å². The van der Waals surface area contributed by atoms with Gasteiger partial charge in [0.2, 0.25) is 0 Å². The Morgan fingerprint density at radius 3 is 2.19 bits per heavy atom. The fourth-order valence-corrected chi connectivity index (χ4v) is 4.97. The van der Waals surface area contributed by atoms with Crippen LogP contribution in [0.2, 0.25) is 0 Å². The fourth-order valence-electron chi connectivity index (χ4n) is 4.97. The van der Waals surface area contributed by atoms with Crippen LogP contribution in [0.15, 0.2) is 0 Å². The average Bonchev–Trinajstić information content (AvgIpc) is 2.55. The van der Waals surface area contributed by atoms with Gasteiger partial charge in [0.25, 0.3) is 0 Å². The number of ether oxygens (including phenoxy) is 1. The number of aliphatic hydroxyl groups excluding tert-OH is 1. The first-order valence-corrected chi connectivity index (χ1v) is 8.56. The molecule has 4 atom stereocenters. The van der Waals surface area contributed by atoms with E-state index in [0.29, 0.717) is 5.92 Å². The Bertz CT molecular complexity index is 377. The third-order valence-corrected chi connectivity index (χ3v) is 5.97. The largest absolute Gasteiger partial charge is 0.391 e. The van der Waals surface area contributed by atoms with Gasteiger partial charge in [-0.3, -0.25) is 0 Å². The molecule has 0 amide bonds. The van der Waals surface area contributed by atoms with E-state index in [0.717, 1.165) is 19.3 Å². The molecule has 1 saturated carbocycles. The van der Waals surface area contributed by atoms with Gasteiger partial charge in [-0.1, -0.05) is 19.8 Å². The van der Waals surface area contributed by atoms with Gasteiger partial charge < -0.3 is 14.7 Å². The summed E-state index contributed by atoms with van der Waals surface area (Å²) in [6.45, 7) is 10.9. The minimum absolute atomic E-state index is 0.0939. The standard InChI is InChI=1S/C18H35NO2/c1-13-9-8-10-18(11-13,19(6)7)15(20)14-12-16(2,3)21-17(14,4)5/h13-15,20H,8-12H2,1-7H3. The Morgan fingerprint density at radius 2 is 1.76 bits per heavy atom. The molecule has 1 N–H and O–H groups in total. The molecule has 1 aliphatic heterocycles. The predicted molar refractivity (Wildman–Crippen MR) is 87.4 cm³/mol. The highest BCUT2D eigenvalue weighted by Crippen LogP contribution is 2.49. The Kier molecular flexibility index (Phi) is 4.52. The molecule has 3 heteroatoms. The number of rotatable bonds is 3. The molecule has 124 valence electrons. The summed E-state index contributed by atoms with van der Waals surface area (Å²) in [7, 11) is 4.27. The van der Waals surface area contributed by atoms with E-state index in [2.05, 4.69) is 53.6 Å². The third-order valence-electron chi connectivity index (χ3n) is 5.97.